The maximum absolute atomic E-state index is 10.2. The summed E-state index contributed by atoms with van der Waals surface area (Å²) >= 11 is 0. The Balaban J connectivity index is 0. The zero-order chi connectivity index (χ0) is 8.27. The first kappa shape index (κ1) is 14.6. The van der Waals surface area contributed by atoms with Crippen LogP contribution in [-0.2, 0) is 20.4 Å². The van der Waals surface area contributed by atoms with Gasteiger partial charge in [-0.3, -0.25) is 10.1 Å². The maximum atomic E-state index is 10.2. The third-order valence-electron chi connectivity index (χ3n) is 1.30. The second-order valence-corrected chi connectivity index (χ2v) is 2.17. The predicted octanol–water partition coefficient (Wildman–Crippen LogP) is 2.49. The third-order valence-corrected chi connectivity index (χ3v) is 1.30. The fraction of sp³-hybridized carbons (Fsp3) is 0.125. The standard InChI is InChI=1S/C7H7N2O2.CH3.Re/c8-6-3-1-2-4-7(5-6)9(10)11;;/h1-4,8H,5H2;1H3;/q2*-1;. The fourth-order valence-electron chi connectivity index (χ4n) is 0.777. The molecule has 0 spiro atoms. The topological polar surface area (TPSA) is 66.9 Å². The van der Waals surface area contributed by atoms with Crippen molar-refractivity contribution in [3.8, 4) is 0 Å². The molecule has 13 heavy (non-hydrogen) atoms. The van der Waals surface area contributed by atoms with E-state index in [1.54, 1.807) is 18.2 Å². The van der Waals surface area contributed by atoms with Crippen molar-refractivity contribution in [3.05, 3.63) is 59.0 Å². The summed E-state index contributed by atoms with van der Waals surface area (Å²) in [4.78, 5) is 9.79. The molecule has 1 rings (SSSR count). The van der Waals surface area contributed by atoms with E-state index < -0.39 is 4.92 Å². The Kier molecular flexibility index (Phi) is 7.39. The minimum Gasteiger partial charge on any atom is -0.702 e. The van der Waals surface area contributed by atoms with Crippen LogP contribution in [0.25, 0.3) is 5.73 Å². The number of nitrogens with zero attached hydrogens (tertiary/aromatic N) is 1. The van der Waals surface area contributed by atoms with Crippen molar-refractivity contribution >= 4 is 0 Å². The minimum absolute atomic E-state index is 0. The van der Waals surface area contributed by atoms with Gasteiger partial charge in [0.15, 0.2) is 0 Å². The molecule has 73 valence electrons. The summed E-state index contributed by atoms with van der Waals surface area (Å²) in [5.41, 5.74) is 7.54. The van der Waals surface area contributed by atoms with Crippen LogP contribution in [0.2, 0.25) is 0 Å². The molecule has 1 radical (unpaired) electrons. The molecule has 0 aromatic carbocycles. The van der Waals surface area contributed by atoms with Gasteiger partial charge in [0.1, 0.15) is 0 Å². The Hall–Kier alpha value is -0.918. The zero-order valence-corrected chi connectivity index (χ0v) is 9.87. The smallest absolute Gasteiger partial charge is 0.248 e. The van der Waals surface area contributed by atoms with Crippen LogP contribution in [0, 0.1) is 17.5 Å². The summed E-state index contributed by atoms with van der Waals surface area (Å²) < 4.78 is 0. The molecule has 0 aromatic heterocycles. The minimum atomic E-state index is -0.460. The van der Waals surface area contributed by atoms with Gasteiger partial charge in [0, 0.05) is 32.9 Å². The molecule has 0 atom stereocenters. The third kappa shape index (κ3) is 4.61. The first-order valence-electron chi connectivity index (χ1n) is 3.12. The number of hydrogen-bond acceptors (Lipinski definition) is 2. The van der Waals surface area contributed by atoms with Gasteiger partial charge in [0.05, 0.1) is 4.92 Å². The van der Waals surface area contributed by atoms with Crippen LogP contribution in [0.3, 0.4) is 0 Å². The molecule has 0 aromatic rings. The van der Waals surface area contributed by atoms with Crippen LogP contribution in [0.4, 0.5) is 0 Å². The van der Waals surface area contributed by atoms with E-state index in [1.165, 1.54) is 6.08 Å². The second-order valence-electron chi connectivity index (χ2n) is 2.17. The van der Waals surface area contributed by atoms with Gasteiger partial charge in [-0.15, -0.1) is 0 Å². The van der Waals surface area contributed by atoms with Gasteiger partial charge in [0.25, 0.3) is 0 Å². The molecule has 4 nitrogen and oxygen atoms in total. The summed E-state index contributed by atoms with van der Waals surface area (Å²) in [6.45, 7) is 0. The molecular formula is C8H10N2O2Re-2. The van der Waals surface area contributed by atoms with E-state index in [1.807, 2.05) is 0 Å². The van der Waals surface area contributed by atoms with Gasteiger partial charge in [-0.2, -0.15) is 5.70 Å². The van der Waals surface area contributed by atoms with Crippen LogP contribution in [0.1, 0.15) is 6.42 Å². The first-order valence-corrected chi connectivity index (χ1v) is 3.12. The Labute approximate surface area is 91.0 Å². The van der Waals surface area contributed by atoms with E-state index in [0.717, 1.165) is 0 Å². The average Bonchev–Trinajstić information content (AvgIpc) is 2.13. The predicted molar refractivity (Wildman–Crippen MR) is 47.7 cm³/mol. The number of nitrogens with one attached hydrogen (secondary N) is 1. The van der Waals surface area contributed by atoms with Gasteiger partial charge in [-0.1, -0.05) is 18.2 Å². The Morgan fingerprint density at radius 2 is 1.92 bits per heavy atom. The summed E-state index contributed by atoms with van der Waals surface area (Å²) in [6, 6.07) is 0. The average molecular weight is 352 g/mol. The summed E-state index contributed by atoms with van der Waals surface area (Å²) in [5.74, 6) is 0. The number of rotatable bonds is 1. The molecule has 5 heteroatoms. The Morgan fingerprint density at radius 1 is 1.38 bits per heavy atom. The number of hydrogen-bond donors (Lipinski definition) is 0. The molecule has 0 heterocycles. The molecule has 1 aliphatic carbocycles. The molecular weight excluding hydrogens is 342 g/mol. The van der Waals surface area contributed by atoms with E-state index in [0.29, 0.717) is 0 Å². The van der Waals surface area contributed by atoms with E-state index in [4.69, 9.17) is 5.73 Å². The zero-order valence-electron chi connectivity index (χ0n) is 7.16. The van der Waals surface area contributed by atoms with Crippen LogP contribution in [0.15, 0.2) is 35.7 Å². The van der Waals surface area contributed by atoms with Gasteiger partial charge in [0.2, 0.25) is 5.70 Å². The normalized spacial score (nSPS) is 14.2. The van der Waals surface area contributed by atoms with Gasteiger partial charge >= 0.3 is 0 Å². The van der Waals surface area contributed by atoms with Crippen molar-refractivity contribution in [2.45, 2.75) is 6.42 Å². The molecule has 0 saturated carbocycles. The van der Waals surface area contributed by atoms with Crippen molar-refractivity contribution in [2.75, 3.05) is 0 Å². The fourth-order valence-corrected chi connectivity index (χ4v) is 0.777. The Morgan fingerprint density at radius 3 is 2.46 bits per heavy atom. The molecule has 0 aliphatic heterocycles. The molecule has 0 unspecified atom stereocenters. The SMILES string of the molecule is [CH3-].[NH-]C1=CC=CC=C([N+](=O)[O-])C1.[Re]. The van der Waals surface area contributed by atoms with Crippen molar-refractivity contribution in [1.82, 2.24) is 0 Å². The van der Waals surface area contributed by atoms with Gasteiger partial charge < -0.3 is 13.2 Å². The monoisotopic (exact) mass is 353 g/mol. The summed E-state index contributed by atoms with van der Waals surface area (Å²) in [7, 11) is 0. The van der Waals surface area contributed by atoms with E-state index in [-0.39, 0.29) is 45.7 Å². The van der Waals surface area contributed by atoms with E-state index >= 15 is 0 Å². The largest absolute Gasteiger partial charge is 0.702 e. The summed E-state index contributed by atoms with van der Waals surface area (Å²) in [5, 5.41) is 10.2. The quantitative estimate of drug-likeness (QED) is 0.413. The van der Waals surface area contributed by atoms with E-state index in [9.17, 15) is 10.1 Å². The molecule has 1 N–H and O–H groups in total. The molecule has 0 bridgehead atoms. The molecule has 0 amide bonds. The molecule has 1 aliphatic rings. The maximum Gasteiger partial charge on any atom is 0.248 e. The van der Waals surface area contributed by atoms with Crippen molar-refractivity contribution in [1.29, 1.82) is 0 Å². The van der Waals surface area contributed by atoms with Crippen LogP contribution in [-0.4, -0.2) is 4.92 Å². The van der Waals surface area contributed by atoms with Crippen molar-refractivity contribution in [3.63, 3.8) is 0 Å². The first-order chi connectivity index (χ1) is 5.20. The van der Waals surface area contributed by atoms with Crippen LogP contribution in [0.5, 0.6) is 0 Å². The Bertz CT molecular complexity index is 269. The van der Waals surface area contributed by atoms with Crippen molar-refractivity contribution in [2.24, 2.45) is 0 Å². The summed E-state index contributed by atoms with van der Waals surface area (Å²) in [6.07, 6.45) is 6.27. The van der Waals surface area contributed by atoms with E-state index in [2.05, 4.69) is 0 Å². The molecule has 0 saturated heterocycles. The van der Waals surface area contributed by atoms with Crippen LogP contribution < -0.4 is 0 Å². The number of nitro groups is 1. The van der Waals surface area contributed by atoms with Crippen LogP contribution >= 0.6 is 0 Å². The molecule has 0 fully saturated rings. The van der Waals surface area contributed by atoms with Gasteiger partial charge in [-0.25, -0.2) is 0 Å². The van der Waals surface area contributed by atoms with Crippen molar-refractivity contribution < 1.29 is 25.3 Å². The van der Waals surface area contributed by atoms with Gasteiger partial charge in [-0.05, 0) is 0 Å². The number of allylic oxidation sites excluding steroid dienone is 4. The second kappa shape index (κ2) is 6.58.